The molecular formula is C28H28FN5O4. The number of rotatable bonds is 7. The number of nitrogens with one attached hydrogen (secondary N) is 1. The van der Waals surface area contributed by atoms with E-state index in [4.69, 9.17) is 9.47 Å². The lowest BCUT2D eigenvalue weighted by Crippen LogP contribution is -2.37. The molecule has 3 heterocycles. The van der Waals surface area contributed by atoms with Gasteiger partial charge < -0.3 is 9.47 Å². The number of amides is 1. The van der Waals surface area contributed by atoms with Crippen molar-refractivity contribution in [3.63, 3.8) is 0 Å². The highest BCUT2D eigenvalue weighted by Crippen LogP contribution is 2.24. The Kier molecular flexibility index (Phi) is 7.43. The summed E-state index contributed by atoms with van der Waals surface area (Å²) < 4.78 is 25.6. The van der Waals surface area contributed by atoms with Crippen molar-refractivity contribution in [3.8, 4) is 11.4 Å². The number of halogens is 1. The van der Waals surface area contributed by atoms with Crippen molar-refractivity contribution in [1.82, 2.24) is 19.5 Å². The third kappa shape index (κ3) is 5.41. The Morgan fingerprint density at radius 1 is 1.16 bits per heavy atom. The summed E-state index contributed by atoms with van der Waals surface area (Å²) in [4.78, 5) is 36.5. The van der Waals surface area contributed by atoms with Gasteiger partial charge in [-0.05, 0) is 43.2 Å². The fourth-order valence-electron chi connectivity index (χ4n) is 4.56. The van der Waals surface area contributed by atoms with Gasteiger partial charge in [0.15, 0.2) is 5.82 Å². The predicted octanol–water partition coefficient (Wildman–Crippen LogP) is 3.59. The number of aromatic nitrogens is 3. The predicted molar refractivity (Wildman–Crippen MR) is 140 cm³/mol. The molecule has 0 radical (unpaired) electrons. The van der Waals surface area contributed by atoms with Gasteiger partial charge in [0, 0.05) is 43.0 Å². The number of benzene rings is 2. The maximum absolute atomic E-state index is 13.6. The molecule has 196 valence electrons. The van der Waals surface area contributed by atoms with Crippen molar-refractivity contribution >= 4 is 22.8 Å². The molecule has 2 aromatic heterocycles. The van der Waals surface area contributed by atoms with Gasteiger partial charge >= 0.3 is 5.97 Å². The van der Waals surface area contributed by atoms with Crippen LogP contribution in [0.3, 0.4) is 0 Å². The van der Waals surface area contributed by atoms with Crippen molar-refractivity contribution in [2.75, 3.05) is 45.4 Å². The summed E-state index contributed by atoms with van der Waals surface area (Å²) in [6.07, 6.45) is 4.08. The van der Waals surface area contributed by atoms with Gasteiger partial charge in [0.25, 0.3) is 5.91 Å². The number of hydrogen-bond acceptors (Lipinski definition) is 7. The average molecular weight is 518 g/mol. The van der Waals surface area contributed by atoms with Gasteiger partial charge in [-0.2, -0.15) is 0 Å². The molecule has 9 nitrogen and oxygen atoms in total. The number of aryl methyl sites for hydroxylation is 1. The molecule has 0 bridgehead atoms. The largest absolute Gasteiger partial charge is 0.465 e. The highest BCUT2D eigenvalue weighted by atomic mass is 19.1. The lowest BCUT2D eigenvalue weighted by Gasteiger charge is -2.26. The van der Waals surface area contributed by atoms with Crippen molar-refractivity contribution in [2.24, 2.45) is 0 Å². The van der Waals surface area contributed by atoms with Gasteiger partial charge in [-0.1, -0.05) is 18.2 Å². The molecule has 10 heteroatoms. The Bertz CT molecular complexity index is 1500. The zero-order valence-corrected chi connectivity index (χ0v) is 21.2. The number of hydrogen-bond donors (Lipinski definition) is 1. The Morgan fingerprint density at radius 3 is 2.71 bits per heavy atom. The Morgan fingerprint density at radius 2 is 1.97 bits per heavy atom. The second-order valence-electron chi connectivity index (χ2n) is 9.10. The average Bonchev–Trinajstić information content (AvgIpc) is 3.28. The molecule has 1 saturated heterocycles. The third-order valence-electron chi connectivity index (χ3n) is 6.64. The topological polar surface area (TPSA) is 98.6 Å². The van der Waals surface area contributed by atoms with Crippen molar-refractivity contribution in [3.05, 3.63) is 83.1 Å². The first-order valence-electron chi connectivity index (χ1n) is 12.4. The quantitative estimate of drug-likeness (QED) is 0.374. The van der Waals surface area contributed by atoms with E-state index in [2.05, 4.69) is 20.3 Å². The summed E-state index contributed by atoms with van der Waals surface area (Å²) in [6.45, 7) is 5.76. The van der Waals surface area contributed by atoms with E-state index in [0.29, 0.717) is 28.2 Å². The van der Waals surface area contributed by atoms with Crippen LogP contribution in [0.2, 0.25) is 0 Å². The van der Waals surface area contributed by atoms with Crippen LogP contribution in [0, 0.1) is 12.7 Å². The van der Waals surface area contributed by atoms with Gasteiger partial charge in [0.05, 0.1) is 42.7 Å². The number of ether oxygens (including phenoxy) is 2. The molecule has 38 heavy (non-hydrogen) atoms. The first-order valence-corrected chi connectivity index (χ1v) is 12.4. The molecule has 1 amide bonds. The molecule has 1 fully saturated rings. The van der Waals surface area contributed by atoms with E-state index >= 15 is 0 Å². The van der Waals surface area contributed by atoms with Crippen LogP contribution < -0.4 is 5.43 Å². The summed E-state index contributed by atoms with van der Waals surface area (Å²) in [5.41, 5.74) is 6.26. The van der Waals surface area contributed by atoms with E-state index in [9.17, 15) is 14.0 Å². The molecule has 0 aliphatic carbocycles. The van der Waals surface area contributed by atoms with Crippen LogP contribution >= 0.6 is 0 Å². The lowest BCUT2D eigenvalue weighted by atomic mass is 10.1. The van der Waals surface area contributed by atoms with E-state index in [1.807, 2.05) is 12.3 Å². The summed E-state index contributed by atoms with van der Waals surface area (Å²) in [7, 11) is 1.33. The highest BCUT2D eigenvalue weighted by Gasteiger charge is 2.18. The van der Waals surface area contributed by atoms with Crippen molar-refractivity contribution in [1.29, 1.82) is 0 Å². The van der Waals surface area contributed by atoms with Gasteiger partial charge in [0.1, 0.15) is 5.82 Å². The Labute approximate surface area is 219 Å². The van der Waals surface area contributed by atoms with Gasteiger partial charge in [-0.25, -0.2) is 19.2 Å². The smallest absolute Gasteiger partial charge is 0.337 e. The molecule has 5 rings (SSSR count). The molecule has 1 N–H and O–H groups in total. The maximum Gasteiger partial charge on any atom is 0.337 e. The van der Waals surface area contributed by atoms with Gasteiger partial charge in [-0.3, -0.25) is 19.8 Å². The molecular weight excluding hydrogens is 489 g/mol. The lowest BCUT2D eigenvalue weighted by molar-refractivity contribution is 0.0385. The Hall–Kier alpha value is -4.15. The number of methoxy groups -OCH3 is 1. The Balaban J connectivity index is 1.43. The minimum absolute atomic E-state index is 0.283. The molecule has 4 aromatic rings. The van der Waals surface area contributed by atoms with Crippen LogP contribution in [-0.2, 0) is 15.9 Å². The standard InChI is InChI=1S/C28H28FN5O4/c1-18-24(16-30-26(31-18)19-4-3-5-22(29)14-19)27(35)32-34-17-21(8-9-33-10-12-38-13-11-33)23-7-6-20(15-25(23)34)28(36)37-2/h3-7,14-17H,8-13H2,1-2H3,(H,32,35). The second kappa shape index (κ2) is 11.1. The van der Waals surface area contributed by atoms with Crippen LogP contribution in [-0.4, -0.2) is 71.4 Å². The number of morpholine rings is 1. The van der Waals surface area contributed by atoms with Crippen LogP contribution in [0.5, 0.6) is 0 Å². The molecule has 0 spiro atoms. The number of fused-ring (bicyclic) bond motifs is 1. The summed E-state index contributed by atoms with van der Waals surface area (Å²) in [5, 5.41) is 0.931. The normalized spacial score (nSPS) is 14.0. The maximum atomic E-state index is 13.6. The number of carbonyl (C=O) groups is 2. The summed E-state index contributed by atoms with van der Waals surface area (Å²) in [6, 6.07) is 11.3. The van der Waals surface area contributed by atoms with Crippen LogP contribution in [0.25, 0.3) is 22.3 Å². The fraction of sp³-hybridized carbons (Fsp3) is 0.286. The van der Waals surface area contributed by atoms with E-state index in [0.717, 1.165) is 50.2 Å². The summed E-state index contributed by atoms with van der Waals surface area (Å²) >= 11 is 0. The number of nitrogens with zero attached hydrogens (tertiary/aromatic N) is 4. The SMILES string of the molecule is COC(=O)c1ccc2c(CCN3CCOCC3)cn(NC(=O)c3cnc(-c4cccc(F)c4)nc3C)c2c1. The minimum Gasteiger partial charge on any atom is -0.465 e. The van der Waals surface area contributed by atoms with Gasteiger partial charge in [-0.15, -0.1) is 0 Å². The highest BCUT2D eigenvalue weighted by molar-refractivity contribution is 6.02. The molecule has 2 aromatic carbocycles. The first-order chi connectivity index (χ1) is 18.4. The van der Waals surface area contributed by atoms with E-state index in [-0.39, 0.29) is 11.4 Å². The first kappa shape index (κ1) is 25.5. The summed E-state index contributed by atoms with van der Waals surface area (Å²) in [5.74, 6) is -0.926. The van der Waals surface area contributed by atoms with Gasteiger partial charge in [0.2, 0.25) is 0 Å². The van der Waals surface area contributed by atoms with Crippen LogP contribution in [0.1, 0.15) is 32.0 Å². The molecule has 1 aliphatic rings. The van der Waals surface area contributed by atoms with E-state index in [1.54, 1.807) is 35.9 Å². The molecule has 1 aliphatic heterocycles. The van der Waals surface area contributed by atoms with Crippen molar-refractivity contribution in [2.45, 2.75) is 13.3 Å². The third-order valence-corrected chi connectivity index (χ3v) is 6.64. The number of esters is 1. The zero-order valence-electron chi connectivity index (χ0n) is 21.2. The monoisotopic (exact) mass is 517 g/mol. The molecule has 0 saturated carbocycles. The van der Waals surface area contributed by atoms with E-state index < -0.39 is 11.9 Å². The molecule has 0 atom stereocenters. The minimum atomic E-state index is -0.460. The number of carbonyl (C=O) groups excluding carboxylic acids is 2. The van der Waals surface area contributed by atoms with Crippen LogP contribution in [0.4, 0.5) is 4.39 Å². The van der Waals surface area contributed by atoms with E-state index in [1.165, 1.54) is 25.4 Å². The fourth-order valence-corrected chi connectivity index (χ4v) is 4.56. The van der Waals surface area contributed by atoms with Crippen LogP contribution in [0.15, 0.2) is 54.9 Å². The van der Waals surface area contributed by atoms with Crippen molar-refractivity contribution < 1.29 is 23.5 Å². The molecule has 0 unspecified atom stereocenters. The second-order valence-corrected chi connectivity index (χ2v) is 9.10. The zero-order chi connectivity index (χ0) is 26.6.